The second-order valence-corrected chi connectivity index (χ2v) is 5.92. The smallest absolute Gasteiger partial charge is 0.215 e. The number of hydrogen-bond acceptors (Lipinski definition) is 3. The Morgan fingerprint density at radius 3 is 2.54 bits per heavy atom. The molecule has 1 fully saturated rings. The van der Waals surface area contributed by atoms with E-state index in [1.165, 1.54) is 6.42 Å². The molecule has 0 saturated heterocycles. The quantitative estimate of drug-likeness (QED) is 0.668. The van der Waals surface area contributed by atoms with Gasteiger partial charge in [0.15, 0.2) is 0 Å². The molecule has 1 aliphatic rings. The highest BCUT2D eigenvalue weighted by molar-refractivity contribution is 7.90. The second kappa shape index (κ2) is 4.39. The minimum atomic E-state index is -3.16. The number of rotatable bonds is 5. The van der Waals surface area contributed by atoms with Crippen LogP contribution in [-0.4, -0.2) is 26.8 Å². The average Bonchev–Trinajstić information content (AvgIpc) is 1.99. The van der Waals surface area contributed by atoms with Crippen molar-refractivity contribution in [2.24, 2.45) is 11.7 Å². The normalized spacial score (nSPS) is 21.1. The molecule has 13 heavy (non-hydrogen) atoms. The van der Waals surface area contributed by atoms with Crippen molar-refractivity contribution in [3.05, 3.63) is 0 Å². The van der Waals surface area contributed by atoms with Gasteiger partial charge in [-0.15, -0.1) is 0 Å². The van der Waals surface area contributed by atoms with Gasteiger partial charge in [-0.05, 0) is 25.7 Å². The van der Waals surface area contributed by atoms with Gasteiger partial charge in [0.1, 0.15) is 0 Å². The highest BCUT2D eigenvalue weighted by Crippen LogP contribution is 2.25. The summed E-state index contributed by atoms with van der Waals surface area (Å²) in [4.78, 5) is 0. The van der Waals surface area contributed by atoms with Crippen LogP contribution in [-0.2, 0) is 10.0 Å². The molecule has 0 spiro atoms. The number of sulfonamides is 1. The van der Waals surface area contributed by atoms with Gasteiger partial charge >= 0.3 is 0 Å². The molecule has 0 amide bonds. The molecule has 0 heterocycles. The standard InChI is InChI=1S/C8H18N2O2S/c1-7(5-9)13(11,12)10-6-8-3-2-4-8/h7-8,10H,2-6,9H2,1H3. The molecule has 3 N–H and O–H groups in total. The summed E-state index contributed by atoms with van der Waals surface area (Å²) in [6.07, 6.45) is 3.54. The maximum atomic E-state index is 11.4. The summed E-state index contributed by atoms with van der Waals surface area (Å²) in [6.45, 7) is 2.40. The van der Waals surface area contributed by atoms with Gasteiger partial charge < -0.3 is 5.73 Å². The van der Waals surface area contributed by atoms with Crippen molar-refractivity contribution in [2.45, 2.75) is 31.4 Å². The Balaban J connectivity index is 2.33. The van der Waals surface area contributed by atoms with Crippen molar-refractivity contribution in [3.8, 4) is 0 Å². The van der Waals surface area contributed by atoms with E-state index in [-0.39, 0.29) is 6.54 Å². The van der Waals surface area contributed by atoms with Gasteiger partial charge in [-0.2, -0.15) is 0 Å². The van der Waals surface area contributed by atoms with Crippen molar-refractivity contribution in [1.82, 2.24) is 4.72 Å². The molecule has 0 aromatic rings. The molecule has 0 bridgehead atoms. The fourth-order valence-electron chi connectivity index (χ4n) is 1.20. The van der Waals surface area contributed by atoms with Crippen LogP contribution in [0.1, 0.15) is 26.2 Å². The Morgan fingerprint density at radius 2 is 2.15 bits per heavy atom. The molecule has 1 unspecified atom stereocenters. The van der Waals surface area contributed by atoms with Crippen LogP contribution in [0.4, 0.5) is 0 Å². The van der Waals surface area contributed by atoms with Crippen LogP contribution < -0.4 is 10.5 Å². The molecular weight excluding hydrogens is 188 g/mol. The fourth-order valence-corrected chi connectivity index (χ4v) is 2.21. The van der Waals surface area contributed by atoms with Crippen LogP contribution in [0.5, 0.6) is 0 Å². The highest BCUT2D eigenvalue weighted by atomic mass is 32.2. The summed E-state index contributed by atoms with van der Waals surface area (Å²) in [5.41, 5.74) is 5.29. The first-order valence-corrected chi connectivity index (χ1v) is 6.29. The zero-order valence-electron chi connectivity index (χ0n) is 7.99. The Kier molecular flexibility index (Phi) is 3.70. The fraction of sp³-hybridized carbons (Fsp3) is 1.00. The molecular formula is C8H18N2O2S. The number of nitrogens with two attached hydrogens (primary N) is 1. The van der Waals surface area contributed by atoms with Crippen molar-refractivity contribution in [3.63, 3.8) is 0 Å². The van der Waals surface area contributed by atoms with Crippen LogP contribution in [0.25, 0.3) is 0 Å². The molecule has 0 aliphatic heterocycles. The molecule has 0 aromatic carbocycles. The molecule has 1 saturated carbocycles. The third kappa shape index (κ3) is 2.93. The average molecular weight is 206 g/mol. The number of hydrogen-bond donors (Lipinski definition) is 2. The van der Waals surface area contributed by atoms with Crippen LogP contribution >= 0.6 is 0 Å². The molecule has 78 valence electrons. The Labute approximate surface area is 79.9 Å². The number of nitrogens with one attached hydrogen (secondary N) is 1. The van der Waals surface area contributed by atoms with E-state index in [0.29, 0.717) is 12.5 Å². The van der Waals surface area contributed by atoms with E-state index in [2.05, 4.69) is 4.72 Å². The largest absolute Gasteiger partial charge is 0.329 e. The first kappa shape index (κ1) is 10.9. The van der Waals surface area contributed by atoms with Crippen LogP contribution in [0.15, 0.2) is 0 Å². The Bertz CT molecular complexity index is 247. The maximum absolute atomic E-state index is 11.4. The monoisotopic (exact) mass is 206 g/mol. The summed E-state index contributed by atoms with van der Waals surface area (Å²) in [6, 6.07) is 0. The van der Waals surface area contributed by atoms with Gasteiger partial charge in [-0.25, -0.2) is 13.1 Å². The van der Waals surface area contributed by atoms with Gasteiger partial charge in [0.2, 0.25) is 10.0 Å². The molecule has 0 aromatic heterocycles. The summed E-state index contributed by atoms with van der Waals surface area (Å²) in [7, 11) is -3.16. The zero-order chi connectivity index (χ0) is 9.90. The molecule has 1 rings (SSSR count). The van der Waals surface area contributed by atoms with Crippen molar-refractivity contribution >= 4 is 10.0 Å². The predicted octanol–water partition coefficient (Wildman–Crippen LogP) is 0.0531. The summed E-state index contributed by atoms with van der Waals surface area (Å²) in [5.74, 6) is 0.555. The van der Waals surface area contributed by atoms with Gasteiger partial charge in [-0.3, -0.25) is 0 Å². The first-order valence-electron chi connectivity index (χ1n) is 4.75. The minimum absolute atomic E-state index is 0.181. The lowest BCUT2D eigenvalue weighted by molar-refractivity contribution is 0.316. The molecule has 4 nitrogen and oxygen atoms in total. The van der Waals surface area contributed by atoms with E-state index in [9.17, 15) is 8.42 Å². The van der Waals surface area contributed by atoms with E-state index >= 15 is 0 Å². The predicted molar refractivity (Wildman–Crippen MR) is 52.8 cm³/mol. The Morgan fingerprint density at radius 1 is 1.54 bits per heavy atom. The molecule has 1 atom stereocenters. The lowest BCUT2D eigenvalue weighted by Gasteiger charge is -2.25. The van der Waals surface area contributed by atoms with Gasteiger partial charge in [0.25, 0.3) is 0 Å². The zero-order valence-corrected chi connectivity index (χ0v) is 8.81. The molecule has 5 heteroatoms. The van der Waals surface area contributed by atoms with E-state index in [4.69, 9.17) is 5.73 Å². The van der Waals surface area contributed by atoms with E-state index < -0.39 is 15.3 Å². The van der Waals surface area contributed by atoms with Crippen LogP contribution in [0.3, 0.4) is 0 Å². The van der Waals surface area contributed by atoms with Crippen LogP contribution in [0.2, 0.25) is 0 Å². The summed E-state index contributed by atoms with van der Waals surface area (Å²) < 4.78 is 25.4. The van der Waals surface area contributed by atoms with Gasteiger partial charge in [0.05, 0.1) is 5.25 Å². The van der Waals surface area contributed by atoms with Crippen LogP contribution in [0, 0.1) is 5.92 Å². The first-order chi connectivity index (χ1) is 6.06. The van der Waals surface area contributed by atoms with E-state index in [1.54, 1.807) is 6.92 Å². The van der Waals surface area contributed by atoms with Gasteiger partial charge in [-0.1, -0.05) is 6.42 Å². The van der Waals surface area contributed by atoms with Crippen molar-refractivity contribution in [1.29, 1.82) is 0 Å². The van der Waals surface area contributed by atoms with Crippen molar-refractivity contribution in [2.75, 3.05) is 13.1 Å². The second-order valence-electron chi connectivity index (χ2n) is 3.74. The molecule has 0 radical (unpaired) electrons. The highest BCUT2D eigenvalue weighted by Gasteiger charge is 2.23. The summed E-state index contributed by atoms with van der Waals surface area (Å²) in [5, 5.41) is -0.479. The summed E-state index contributed by atoms with van der Waals surface area (Å²) >= 11 is 0. The minimum Gasteiger partial charge on any atom is -0.329 e. The van der Waals surface area contributed by atoms with Gasteiger partial charge in [0, 0.05) is 13.1 Å². The lowest BCUT2D eigenvalue weighted by Crippen LogP contribution is -2.40. The third-order valence-electron chi connectivity index (χ3n) is 2.66. The van der Waals surface area contributed by atoms with E-state index in [1.807, 2.05) is 0 Å². The Hall–Kier alpha value is -0.130. The van der Waals surface area contributed by atoms with E-state index in [0.717, 1.165) is 12.8 Å². The third-order valence-corrected chi connectivity index (χ3v) is 4.48. The maximum Gasteiger partial charge on any atom is 0.215 e. The van der Waals surface area contributed by atoms with Crippen molar-refractivity contribution < 1.29 is 8.42 Å². The molecule has 1 aliphatic carbocycles. The topological polar surface area (TPSA) is 72.2 Å². The SMILES string of the molecule is CC(CN)S(=O)(=O)NCC1CCC1. The lowest BCUT2D eigenvalue weighted by atomic mass is 9.86.